The summed E-state index contributed by atoms with van der Waals surface area (Å²) < 4.78 is 0. The van der Waals surface area contributed by atoms with Gasteiger partial charge in [-0.2, -0.15) is 0 Å². The van der Waals surface area contributed by atoms with Crippen LogP contribution in [0.25, 0.3) is 0 Å². The van der Waals surface area contributed by atoms with Gasteiger partial charge >= 0.3 is 0 Å². The first-order chi connectivity index (χ1) is 8.20. The molecule has 0 radical (unpaired) electrons. The second-order valence-corrected chi connectivity index (χ2v) is 5.37. The largest absolute Gasteiger partial charge is 0.391 e. The first-order valence-electron chi connectivity index (χ1n) is 6.88. The highest BCUT2D eigenvalue weighted by molar-refractivity contribution is 5.82. The molecule has 2 rings (SSSR count). The molecule has 4 heteroatoms. The second-order valence-electron chi connectivity index (χ2n) is 5.37. The average Bonchev–Trinajstić information content (AvgIpc) is 2.39. The lowest BCUT2D eigenvalue weighted by molar-refractivity contribution is -0.138. The lowest BCUT2D eigenvalue weighted by atomic mass is 9.91. The summed E-state index contributed by atoms with van der Waals surface area (Å²) in [6, 6.07) is 0.00264. The van der Waals surface area contributed by atoms with E-state index in [0.29, 0.717) is 0 Å². The molecule has 2 N–H and O–H groups in total. The zero-order chi connectivity index (χ0) is 12.3. The third-order valence-electron chi connectivity index (χ3n) is 4.15. The number of rotatable bonds is 2. The lowest BCUT2D eigenvalue weighted by Gasteiger charge is -2.37. The molecule has 1 saturated carbocycles. The Balaban J connectivity index is 1.92. The molecule has 1 heterocycles. The number of hydrogen-bond acceptors (Lipinski definition) is 3. The number of aliphatic hydroxyl groups is 1. The van der Waals surface area contributed by atoms with E-state index in [1.807, 2.05) is 7.05 Å². The number of amides is 1. The van der Waals surface area contributed by atoms with Crippen LogP contribution >= 0.6 is 0 Å². The Bertz CT molecular complexity index is 264. The van der Waals surface area contributed by atoms with E-state index >= 15 is 0 Å². The Morgan fingerprint density at radius 3 is 2.53 bits per heavy atom. The van der Waals surface area contributed by atoms with E-state index in [9.17, 15) is 9.90 Å². The molecule has 2 unspecified atom stereocenters. The van der Waals surface area contributed by atoms with Crippen molar-refractivity contribution < 1.29 is 9.90 Å². The highest BCUT2D eigenvalue weighted by Gasteiger charge is 2.32. The molecule has 2 fully saturated rings. The van der Waals surface area contributed by atoms with E-state index in [4.69, 9.17) is 0 Å². The Morgan fingerprint density at radius 2 is 1.88 bits per heavy atom. The monoisotopic (exact) mass is 240 g/mol. The summed E-state index contributed by atoms with van der Waals surface area (Å²) in [4.78, 5) is 14.1. The van der Waals surface area contributed by atoms with Crippen molar-refractivity contribution >= 4 is 5.91 Å². The molecule has 98 valence electrons. The molecule has 17 heavy (non-hydrogen) atoms. The molecule has 1 amide bonds. The molecule has 0 aromatic heterocycles. The molecule has 1 aliphatic carbocycles. The second kappa shape index (κ2) is 5.83. The number of piperidine rings is 1. The summed E-state index contributed by atoms with van der Waals surface area (Å²) in [6.45, 7) is 0.942. The molecule has 0 aromatic rings. The minimum Gasteiger partial charge on any atom is -0.391 e. The van der Waals surface area contributed by atoms with Crippen LogP contribution in [0.3, 0.4) is 0 Å². The molecular weight excluding hydrogens is 216 g/mol. The van der Waals surface area contributed by atoms with Crippen molar-refractivity contribution in [1.29, 1.82) is 0 Å². The predicted molar refractivity (Wildman–Crippen MR) is 66.7 cm³/mol. The van der Waals surface area contributed by atoms with Gasteiger partial charge in [-0.3, -0.25) is 4.79 Å². The van der Waals surface area contributed by atoms with Crippen molar-refractivity contribution in [2.24, 2.45) is 0 Å². The van der Waals surface area contributed by atoms with Gasteiger partial charge in [0.1, 0.15) is 0 Å². The molecule has 3 atom stereocenters. The van der Waals surface area contributed by atoms with Gasteiger partial charge in [0.05, 0.1) is 18.2 Å². The normalized spacial score (nSPS) is 34.4. The van der Waals surface area contributed by atoms with E-state index < -0.39 is 0 Å². The molecule has 0 bridgehead atoms. The van der Waals surface area contributed by atoms with Crippen LogP contribution in [0.5, 0.6) is 0 Å². The maximum Gasteiger partial charge on any atom is 0.239 e. The van der Waals surface area contributed by atoms with Crippen LogP contribution in [0.2, 0.25) is 0 Å². The molecule has 1 saturated heterocycles. The van der Waals surface area contributed by atoms with E-state index in [2.05, 4.69) is 5.32 Å². The van der Waals surface area contributed by atoms with Crippen LogP contribution in [0.1, 0.15) is 44.9 Å². The Morgan fingerprint density at radius 1 is 1.18 bits per heavy atom. The third-order valence-corrected chi connectivity index (χ3v) is 4.15. The highest BCUT2D eigenvalue weighted by atomic mass is 16.3. The number of nitrogens with one attached hydrogen (secondary N) is 1. The lowest BCUT2D eigenvalue weighted by Crippen LogP contribution is -2.53. The van der Waals surface area contributed by atoms with E-state index in [1.165, 1.54) is 6.42 Å². The SMILES string of the molecule is CN(C(=O)[C@@H]1CCCCN1)C1CCCCC1O. The van der Waals surface area contributed by atoms with Crippen molar-refractivity contribution in [2.45, 2.75) is 63.1 Å². The fourth-order valence-electron chi connectivity index (χ4n) is 3.02. The summed E-state index contributed by atoms with van der Waals surface area (Å²) in [5.41, 5.74) is 0. The zero-order valence-electron chi connectivity index (χ0n) is 10.7. The van der Waals surface area contributed by atoms with Gasteiger partial charge < -0.3 is 15.3 Å². The van der Waals surface area contributed by atoms with Gasteiger partial charge in [0.15, 0.2) is 0 Å². The van der Waals surface area contributed by atoms with Gasteiger partial charge in [0.25, 0.3) is 0 Å². The first-order valence-corrected chi connectivity index (χ1v) is 6.88. The smallest absolute Gasteiger partial charge is 0.239 e. The number of carbonyl (C=O) groups excluding carboxylic acids is 1. The van der Waals surface area contributed by atoms with Gasteiger partial charge in [-0.15, -0.1) is 0 Å². The number of carbonyl (C=O) groups is 1. The summed E-state index contributed by atoms with van der Waals surface area (Å²) in [5.74, 6) is 0.163. The average molecular weight is 240 g/mol. The molecule has 1 aliphatic heterocycles. The standard InChI is InChI=1S/C13H24N2O2/c1-15(11-7-2-3-8-12(11)16)13(17)10-6-4-5-9-14-10/h10-12,14,16H,2-9H2,1H3/t10-,11?,12?/m0/s1. The van der Waals surface area contributed by atoms with Crippen molar-refractivity contribution in [2.75, 3.05) is 13.6 Å². The van der Waals surface area contributed by atoms with Gasteiger partial charge in [-0.05, 0) is 32.2 Å². The maximum atomic E-state index is 12.3. The Hall–Kier alpha value is -0.610. The molecule has 0 aromatic carbocycles. The maximum absolute atomic E-state index is 12.3. The van der Waals surface area contributed by atoms with Crippen LogP contribution in [0.15, 0.2) is 0 Å². The van der Waals surface area contributed by atoms with Crippen molar-refractivity contribution in [3.63, 3.8) is 0 Å². The number of nitrogens with zero attached hydrogens (tertiary/aromatic N) is 1. The van der Waals surface area contributed by atoms with Crippen LogP contribution in [0.4, 0.5) is 0 Å². The zero-order valence-corrected chi connectivity index (χ0v) is 10.7. The van der Waals surface area contributed by atoms with Crippen LogP contribution in [-0.4, -0.2) is 47.7 Å². The number of likely N-dealkylation sites (N-methyl/N-ethyl adjacent to an activating group) is 1. The van der Waals surface area contributed by atoms with Crippen molar-refractivity contribution in [1.82, 2.24) is 10.2 Å². The summed E-state index contributed by atoms with van der Waals surface area (Å²) >= 11 is 0. The molecular formula is C13H24N2O2. The van der Waals surface area contributed by atoms with Crippen LogP contribution in [-0.2, 0) is 4.79 Å². The van der Waals surface area contributed by atoms with Gasteiger partial charge in [0.2, 0.25) is 5.91 Å². The van der Waals surface area contributed by atoms with Crippen molar-refractivity contribution in [3.05, 3.63) is 0 Å². The molecule has 0 spiro atoms. The van der Waals surface area contributed by atoms with Crippen LogP contribution in [0, 0.1) is 0 Å². The topological polar surface area (TPSA) is 52.6 Å². The number of hydrogen-bond donors (Lipinski definition) is 2. The minimum atomic E-state index is -0.332. The molecule has 4 nitrogen and oxygen atoms in total. The Kier molecular flexibility index (Phi) is 4.40. The van der Waals surface area contributed by atoms with Gasteiger partial charge in [-0.25, -0.2) is 0 Å². The van der Waals surface area contributed by atoms with E-state index in [-0.39, 0.29) is 24.1 Å². The van der Waals surface area contributed by atoms with Gasteiger partial charge in [0, 0.05) is 7.05 Å². The van der Waals surface area contributed by atoms with Crippen molar-refractivity contribution in [3.8, 4) is 0 Å². The quantitative estimate of drug-likeness (QED) is 0.753. The highest BCUT2D eigenvalue weighted by Crippen LogP contribution is 2.23. The number of aliphatic hydroxyl groups excluding tert-OH is 1. The first kappa shape index (κ1) is 12.8. The minimum absolute atomic E-state index is 0.0251. The van der Waals surface area contributed by atoms with Crippen LogP contribution < -0.4 is 5.32 Å². The summed E-state index contributed by atoms with van der Waals surface area (Å²) in [6.07, 6.45) is 6.88. The Labute approximate surface area is 103 Å². The van der Waals surface area contributed by atoms with E-state index in [0.717, 1.165) is 45.1 Å². The third kappa shape index (κ3) is 2.99. The predicted octanol–water partition coefficient (Wildman–Crippen LogP) is 0.890. The summed E-state index contributed by atoms with van der Waals surface area (Å²) in [5, 5.41) is 13.3. The fraction of sp³-hybridized carbons (Fsp3) is 0.923. The summed E-state index contributed by atoms with van der Waals surface area (Å²) in [7, 11) is 1.85. The molecule has 2 aliphatic rings. The van der Waals surface area contributed by atoms with E-state index in [1.54, 1.807) is 4.90 Å². The fourth-order valence-corrected chi connectivity index (χ4v) is 3.02. The van der Waals surface area contributed by atoms with Gasteiger partial charge in [-0.1, -0.05) is 19.3 Å².